The number of fused-ring (bicyclic) bond motifs is 1. The number of nitrogens with two attached hydrogens (primary N) is 1. The van der Waals surface area contributed by atoms with E-state index < -0.39 is 11.9 Å². The van der Waals surface area contributed by atoms with E-state index in [0.29, 0.717) is 36.4 Å². The van der Waals surface area contributed by atoms with Gasteiger partial charge >= 0.3 is 0 Å². The number of hydrogen-bond donors (Lipinski definition) is 2. The van der Waals surface area contributed by atoms with Crippen LogP contribution in [0.1, 0.15) is 26.7 Å². The van der Waals surface area contributed by atoms with E-state index >= 15 is 0 Å². The molecule has 3 aromatic rings. The summed E-state index contributed by atoms with van der Waals surface area (Å²) < 4.78 is 11.3. The lowest BCUT2D eigenvalue weighted by atomic mass is 9.96. The van der Waals surface area contributed by atoms with Gasteiger partial charge in [-0.3, -0.25) is 19.5 Å². The van der Waals surface area contributed by atoms with Crippen LogP contribution in [0.15, 0.2) is 78.5 Å². The highest BCUT2D eigenvalue weighted by atomic mass is 16.5. The smallest absolute Gasteiger partial charge is 0.264 e. The number of amides is 1. The van der Waals surface area contributed by atoms with Crippen LogP contribution in [0.4, 0.5) is 22.9 Å². The first-order chi connectivity index (χ1) is 23.7. The number of piperazine rings is 1. The van der Waals surface area contributed by atoms with Gasteiger partial charge in [-0.15, -0.1) is 0 Å². The maximum atomic E-state index is 13.9. The minimum Gasteiger partial charge on any atom is -0.457 e. The van der Waals surface area contributed by atoms with Crippen molar-refractivity contribution in [3.8, 4) is 17.6 Å². The predicted octanol–water partition coefficient (Wildman–Crippen LogP) is 3.93. The Morgan fingerprint density at radius 2 is 1.73 bits per heavy atom. The lowest BCUT2D eigenvalue weighted by molar-refractivity contribution is -0.128. The Balaban J connectivity index is 1.07. The van der Waals surface area contributed by atoms with Crippen molar-refractivity contribution in [2.75, 3.05) is 68.0 Å². The van der Waals surface area contributed by atoms with Gasteiger partial charge in [0.15, 0.2) is 0 Å². The number of aliphatic hydroxyl groups excluding tert-OH is 1. The van der Waals surface area contributed by atoms with E-state index in [4.69, 9.17) is 15.2 Å². The maximum absolute atomic E-state index is 13.9. The molecule has 12 nitrogen and oxygen atoms in total. The molecule has 3 fully saturated rings. The third-order valence-corrected chi connectivity index (χ3v) is 10.2. The van der Waals surface area contributed by atoms with Crippen molar-refractivity contribution in [2.24, 2.45) is 0 Å². The fourth-order valence-electron chi connectivity index (χ4n) is 7.45. The molecule has 2 atom stereocenters. The zero-order valence-corrected chi connectivity index (χ0v) is 28.1. The second kappa shape index (κ2) is 13.7. The molecule has 49 heavy (non-hydrogen) atoms. The topological polar surface area (TPSA) is 135 Å². The molecular weight excluding hydrogens is 620 g/mol. The summed E-state index contributed by atoms with van der Waals surface area (Å²) in [6, 6.07) is 21.4. The van der Waals surface area contributed by atoms with Crippen LogP contribution in [-0.4, -0.2) is 107 Å². The SMILES string of the molecule is CC(C)(/C=C(\C#N)C(=O)N1CCC[C@@H](N2c3ccnc(N)c3N(c3ccc(Oc4ccccc4)cc3)C2O)C1)N1CCN(C2COC2)CC1. The number of anilines is 4. The maximum Gasteiger partial charge on any atom is 0.264 e. The molecule has 2 aromatic carbocycles. The quantitative estimate of drug-likeness (QED) is 0.268. The first kappa shape index (κ1) is 32.9. The minimum absolute atomic E-state index is 0.149. The monoisotopic (exact) mass is 664 g/mol. The normalized spacial score (nSPS) is 22.4. The number of benzene rings is 2. The molecule has 1 amide bonds. The summed E-state index contributed by atoms with van der Waals surface area (Å²) in [7, 11) is 0. The zero-order valence-electron chi connectivity index (χ0n) is 28.1. The van der Waals surface area contributed by atoms with Gasteiger partial charge in [-0.05, 0) is 75.2 Å². The molecule has 0 spiro atoms. The first-order valence-electron chi connectivity index (χ1n) is 17.1. The second-order valence-corrected chi connectivity index (χ2v) is 13.7. The van der Waals surface area contributed by atoms with E-state index in [0.717, 1.165) is 69.4 Å². The summed E-state index contributed by atoms with van der Waals surface area (Å²) in [5.74, 6) is 1.41. The number of nitrogens with zero attached hydrogens (tertiary/aromatic N) is 7. The summed E-state index contributed by atoms with van der Waals surface area (Å²) in [4.78, 5) is 28.5. The third kappa shape index (κ3) is 6.55. The predicted molar refractivity (Wildman–Crippen MR) is 187 cm³/mol. The standard InChI is InChI=1S/C37H44N8O4/c1-37(2,43-19-17-41(18-20-43)29-24-48-25-29)21-26(22-38)35(46)42-16-6-7-28(23-42)44-32-14-15-40-34(39)33(32)45(36(44)47)27-10-12-31(13-11-27)49-30-8-4-3-5-9-30/h3-5,8-15,21,28-29,36,47H,6-7,16-20,23-25H2,1-2H3,(H2,39,40)/b26-21+/t28-,36?/m1/s1. The van der Waals surface area contributed by atoms with Crippen LogP contribution in [-0.2, 0) is 9.53 Å². The molecule has 4 aliphatic rings. The molecule has 3 N–H and O–H groups in total. The second-order valence-electron chi connectivity index (χ2n) is 13.7. The summed E-state index contributed by atoms with van der Waals surface area (Å²) in [6.45, 7) is 10.3. The van der Waals surface area contributed by atoms with Crippen LogP contribution in [0, 0.1) is 11.3 Å². The number of nitrogen functional groups attached to an aromatic ring is 1. The molecule has 5 heterocycles. The van der Waals surface area contributed by atoms with Crippen LogP contribution >= 0.6 is 0 Å². The highest BCUT2D eigenvalue weighted by Gasteiger charge is 2.43. The number of aromatic nitrogens is 1. The number of nitriles is 1. The highest BCUT2D eigenvalue weighted by Crippen LogP contribution is 2.48. The largest absolute Gasteiger partial charge is 0.457 e. The number of likely N-dealkylation sites (tertiary alicyclic amines) is 1. The van der Waals surface area contributed by atoms with Gasteiger partial charge in [0.2, 0.25) is 6.35 Å². The van der Waals surface area contributed by atoms with E-state index in [1.807, 2.05) is 71.6 Å². The van der Waals surface area contributed by atoms with Gasteiger partial charge < -0.3 is 30.1 Å². The Hall–Kier alpha value is -4.67. The summed E-state index contributed by atoms with van der Waals surface area (Å²) in [6.07, 6.45) is 3.87. The Bertz CT molecular complexity index is 1710. The fraction of sp³-hybridized carbons (Fsp3) is 0.432. The number of pyridine rings is 1. The molecule has 1 unspecified atom stereocenters. The molecule has 1 aromatic heterocycles. The Kier molecular flexibility index (Phi) is 9.17. The summed E-state index contributed by atoms with van der Waals surface area (Å²) in [5, 5.41) is 22.1. The van der Waals surface area contributed by atoms with Crippen molar-refractivity contribution in [3.05, 3.63) is 78.5 Å². The van der Waals surface area contributed by atoms with Crippen LogP contribution < -0.4 is 20.3 Å². The summed E-state index contributed by atoms with van der Waals surface area (Å²) >= 11 is 0. The lowest BCUT2D eigenvalue weighted by Gasteiger charge is -2.46. The highest BCUT2D eigenvalue weighted by molar-refractivity contribution is 5.97. The number of piperidine rings is 1. The van der Waals surface area contributed by atoms with Crippen molar-refractivity contribution >= 4 is 28.8 Å². The van der Waals surface area contributed by atoms with E-state index in [2.05, 4.69) is 34.7 Å². The molecule has 0 radical (unpaired) electrons. The van der Waals surface area contributed by atoms with Gasteiger partial charge in [-0.2, -0.15) is 5.26 Å². The molecular formula is C37H44N8O4. The molecule has 3 saturated heterocycles. The fourth-order valence-corrected chi connectivity index (χ4v) is 7.45. The van der Waals surface area contributed by atoms with Gasteiger partial charge in [0.1, 0.15) is 34.6 Å². The molecule has 7 rings (SSSR count). The number of carbonyl (C=O) groups is 1. The van der Waals surface area contributed by atoms with Crippen molar-refractivity contribution in [2.45, 2.75) is 50.7 Å². The average molecular weight is 665 g/mol. The molecule has 0 aliphatic carbocycles. The zero-order chi connectivity index (χ0) is 34.1. The van der Waals surface area contributed by atoms with Crippen LogP contribution in [0.2, 0.25) is 0 Å². The van der Waals surface area contributed by atoms with Gasteiger partial charge in [0.25, 0.3) is 5.91 Å². The minimum atomic E-state index is -1.09. The van der Waals surface area contributed by atoms with E-state index in [9.17, 15) is 15.2 Å². The third-order valence-electron chi connectivity index (χ3n) is 10.2. The van der Waals surface area contributed by atoms with Crippen molar-refractivity contribution in [1.82, 2.24) is 19.7 Å². The van der Waals surface area contributed by atoms with Gasteiger partial charge in [-0.1, -0.05) is 18.2 Å². The Morgan fingerprint density at radius 1 is 1.02 bits per heavy atom. The van der Waals surface area contributed by atoms with Crippen LogP contribution in [0.25, 0.3) is 0 Å². The van der Waals surface area contributed by atoms with Crippen molar-refractivity contribution < 1.29 is 19.4 Å². The molecule has 0 bridgehead atoms. The lowest BCUT2D eigenvalue weighted by Crippen LogP contribution is -2.59. The Morgan fingerprint density at radius 3 is 2.41 bits per heavy atom. The number of hydrogen-bond acceptors (Lipinski definition) is 11. The number of carbonyl (C=O) groups excluding carboxylic acids is 1. The number of aliphatic hydroxyl groups is 1. The van der Waals surface area contributed by atoms with Crippen LogP contribution in [0.5, 0.6) is 11.5 Å². The van der Waals surface area contributed by atoms with Gasteiger partial charge in [-0.25, -0.2) is 4.98 Å². The summed E-state index contributed by atoms with van der Waals surface area (Å²) in [5.41, 5.74) is 8.20. The molecule has 256 valence electrons. The number of ether oxygens (including phenoxy) is 2. The average Bonchev–Trinajstić information content (AvgIpc) is 3.40. The molecule has 4 aliphatic heterocycles. The molecule has 0 saturated carbocycles. The Labute approximate surface area is 287 Å². The van der Waals surface area contributed by atoms with E-state index in [-0.39, 0.29) is 17.5 Å². The number of rotatable bonds is 8. The van der Waals surface area contributed by atoms with Gasteiger partial charge in [0.05, 0.1) is 31.0 Å². The number of para-hydroxylation sites is 1. The van der Waals surface area contributed by atoms with Gasteiger partial charge in [0, 0.05) is 56.7 Å². The van der Waals surface area contributed by atoms with Crippen molar-refractivity contribution in [3.63, 3.8) is 0 Å². The van der Waals surface area contributed by atoms with Crippen molar-refractivity contribution in [1.29, 1.82) is 5.26 Å². The first-order valence-corrected chi connectivity index (χ1v) is 17.1. The van der Waals surface area contributed by atoms with E-state index in [1.54, 1.807) is 16.0 Å². The van der Waals surface area contributed by atoms with E-state index in [1.165, 1.54) is 0 Å². The molecule has 12 heteroatoms. The van der Waals surface area contributed by atoms with Crippen LogP contribution in [0.3, 0.4) is 0 Å².